The van der Waals surface area contributed by atoms with Crippen molar-refractivity contribution in [1.82, 2.24) is 14.9 Å². The Balaban J connectivity index is 1.59. The van der Waals surface area contributed by atoms with E-state index in [1.807, 2.05) is 69.3 Å². The maximum atomic E-state index is 12.2. The number of nitrogen functional groups attached to an aromatic ring is 1. The van der Waals surface area contributed by atoms with E-state index in [0.29, 0.717) is 11.1 Å². The third-order valence-corrected chi connectivity index (χ3v) is 5.46. The molecule has 0 bridgehead atoms. The van der Waals surface area contributed by atoms with E-state index in [2.05, 4.69) is 26.0 Å². The fourth-order valence-electron chi connectivity index (χ4n) is 2.69. The first-order chi connectivity index (χ1) is 14.5. The minimum atomic E-state index is -0.142. The van der Waals surface area contributed by atoms with Crippen LogP contribution in [-0.2, 0) is 4.79 Å². The molecular weight excluding hydrogens is 398 g/mol. The maximum absolute atomic E-state index is 12.2. The number of benzene rings is 2. The van der Waals surface area contributed by atoms with Gasteiger partial charge in [0.2, 0.25) is 11.1 Å². The van der Waals surface area contributed by atoms with Gasteiger partial charge in [-0.3, -0.25) is 4.79 Å². The van der Waals surface area contributed by atoms with Crippen molar-refractivity contribution in [3.8, 4) is 0 Å². The van der Waals surface area contributed by atoms with Gasteiger partial charge in [0, 0.05) is 5.69 Å². The van der Waals surface area contributed by atoms with Gasteiger partial charge >= 0.3 is 0 Å². The van der Waals surface area contributed by atoms with Crippen LogP contribution in [0.25, 0.3) is 0 Å². The normalized spacial score (nSPS) is 11.4. The number of hydrogen-bond donors (Lipinski definition) is 3. The van der Waals surface area contributed by atoms with Crippen LogP contribution in [0.3, 0.4) is 0 Å². The van der Waals surface area contributed by atoms with Gasteiger partial charge in [0.25, 0.3) is 5.95 Å². The van der Waals surface area contributed by atoms with Gasteiger partial charge < -0.3 is 11.2 Å². The lowest BCUT2D eigenvalue weighted by Crippen LogP contribution is -2.17. The second kappa shape index (κ2) is 9.93. The average molecular weight is 424 g/mol. The monoisotopic (exact) mass is 423 g/mol. The Morgan fingerprint density at radius 2 is 1.90 bits per heavy atom. The molecule has 0 saturated heterocycles. The number of nitrogens with one attached hydrogen (secondary N) is 2. The molecule has 30 heavy (non-hydrogen) atoms. The van der Waals surface area contributed by atoms with E-state index in [4.69, 9.17) is 5.84 Å². The first kappa shape index (κ1) is 21.4. The van der Waals surface area contributed by atoms with Crippen LogP contribution in [0.4, 0.5) is 11.6 Å². The van der Waals surface area contributed by atoms with Crippen molar-refractivity contribution in [3.05, 3.63) is 65.2 Å². The Labute approximate surface area is 179 Å². The molecule has 3 rings (SSSR count). The number of anilines is 2. The van der Waals surface area contributed by atoms with E-state index in [0.717, 1.165) is 28.9 Å². The van der Waals surface area contributed by atoms with E-state index in [1.165, 1.54) is 22.0 Å². The molecule has 0 spiro atoms. The van der Waals surface area contributed by atoms with E-state index in [-0.39, 0.29) is 11.7 Å². The lowest BCUT2D eigenvalue weighted by Gasteiger charge is -2.08. The van der Waals surface area contributed by atoms with Gasteiger partial charge in [-0.05, 0) is 49.1 Å². The summed E-state index contributed by atoms with van der Waals surface area (Å²) < 4.78 is 1.29. The van der Waals surface area contributed by atoms with Crippen LogP contribution < -0.4 is 16.6 Å². The van der Waals surface area contributed by atoms with Crippen LogP contribution in [0.15, 0.2) is 58.8 Å². The average Bonchev–Trinajstić information content (AvgIpc) is 3.10. The molecule has 9 heteroatoms. The third kappa shape index (κ3) is 5.38. The highest BCUT2D eigenvalue weighted by Crippen LogP contribution is 2.19. The van der Waals surface area contributed by atoms with Crippen molar-refractivity contribution in [2.75, 3.05) is 22.3 Å². The maximum Gasteiger partial charge on any atom is 0.264 e. The smallest absolute Gasteiger partial charge is 0.264 e. The standard InChI is InChI=1S/C21H25N7OS/c1-4-18(16-8-6-5-7-9-16)24-25-20-26-27-21(28(20)22)30-13-19(29)23-17-11-10-14(2)15(3)12-17/h5-12H,4,13,22H2,1-3H3,(H,23,29)(H,25,26)/b24-18-. The summed E-state index contributed by atoms with van der Waals surface area (Å²) in [6.07, 6.45) is 0.746. The molecule has 0 radical (unpaired) electrons. The van der Waals surface area contributed by atoms with Crippen molar-refractivity contribution in [2.45, 2.75) is 32.3 Å². The minimum absolute atomic E-state index is 0.142. The fraction of sp³-hybridized carbons (Fsp3) is 0.238. The molecule has 1 aromatic heterocycles. The summed E-state index contributed by atoms with van der Waals surface area (Å²) in [6, 6.07) is 15.7. The SMILES string of the molecule is CC/C(=N/Nc1nnc(SCC(=O)Nc2ccc(C)c(C)c2)n1N)c1ccccc1. The van der Waals surface area contributed by atoms with Gasteiger partial charge in [0.15, 0.2) is 0 Å². The molecule has 0 aliphatic carbocycles. The number of carbonyl (C=O) groups excluding carboxylic acids is 1. The number of nitrogens with zero attached hydrogens (tertiary/aromatic N) is 4. The Morgan fingerprint density at radius 1 is 1.13 bits per heavy atom. The molecule has 1 heterocycles. The predicted molar refractivity (Wildman–Crippen MR) is 122 cm³/mol. The predicted octanol–water partition coefficient (Wildman–Crippen LogP) is 3.57. The quantitative estimate of drug-likeness (QED) is 0.221. The van der Waals surface area contributed by atoms with Gasteiger partial charge in [0.1, 0.15) is 0 Å². The molecular formula is C21H25N7OS. The zero-order valence-corrected chi connectivity index (χ0v) is 18.0. The third-order valence-electron chi connectivity index (χ3n) is 4.52. The number of hydrazone groups is 1. The first-order valence-electron chi connectivity index (χ1n) is 9.56. The summed E-state index contributed by atoms with van der Waals surface area (Å²) in [7, 11) is 0. The van der Waals surface area contributed by atoms with Crippen molar-refractivity contribution >= 4 is 35.0 Å². The van der Waals surface area contributed by atoms with E-state index in [1.54, 1.807) is 0 Å². The molecule has 0 aliphatic rings. The van der Waals surface area contributed by atoms with Gasteiger partial charge in [-0.25, -0.2) is 10.1 Å². The number of rotatable bonds is 8. The molecule has 0 unspecified atom stereocenters. The zero-order valence-electron chi connectivity index (χ0n) is 17.2. The summed E-state index contributed by atoms with van der Waals surface area (Å²) in [4.78, 5) is 12.2. The molecule has 0 saturated carbocycles. The van der Waals surface area contributed by atoms with Crippen LogP contribution in [0.2, 0.25) is 0 Å². The number of carbonyl (C=O) groups is 1. The lowest BCUT2D eigenvalue weighted by molar-refractivity contribution is -0.113. The van der Waals surface area contributed by atoms with Gasteiger partial charge in [-0.2, -0.15) is 5.10 Å². The number of aryl methyl sites for hydroxylation is 2. The lowest BCUT2D eigenvalue weighted by atomic mass is 10.1. The minimum Gasteiger partial charge on any atom is -0.334 e. The van der Waals surface area contributed by atoms with Gasteiger partial charge in [0.05, 0.1) is 11.5 Å². The highest BCUT2D eigenvalue weighted by molar-refractivity contribution is 7.99. The topological polar surface area (TPSA) is 110 Å². The summed E-state index contributed by atoms with van der Waals surface area (Å²) in [5, 5.41) is 15.7. The highest BCUT2D eigenvalue weighted by Gasteiger charge is 2.13. The Hall–Kier alpha value is -3.33. The number of hydrogen-bond acceptors (Lipinski definition) is 7. The molecule has 0 atom stereocenters. The van der Waals surface area contributed by atoms with Gasteiger partial charge in [-0.15, -0.1) is 10.2 Å². The van der Waals surface area contributed by atoms with E-state index < -0.39 is 0 Å². The Bertz CT molecular complexity index is 1050. The molecule has 8 nitrogen and oxygen atoms in total. The fourth-order valence-corrected chi connectivity index (χ4v) is 3.35. The number of nitrogens with two attached hydrogens (primary N) is 1. The molecule has 2 aromatic carbocycles. The van der Waals surface area contributed by atoms with Gasteiger partial charge in [-0.1, -0.05) is 55.1 Å². The molecule has 3 aromatic rings. The van der Waals surface area contributed by atoms with E-state index in [9.17, 15) is 4.79 Å². The van der Waals surface area contributed by atoms with Crippen molar-refractivity contribution in [3.63, 3.8) is 0 Å². The summed E-state index contributed by atoms with van der Waals surface area (Å²) in [5.41, 5.74) is 7.83. The van der Waals surface area contributed by atoms with Crippen LogP contribution in [0.5, 0.6) is 0 Å². The Kier molecular flexibility index (Phi) is 7.08. The summed E-state index contributed by atoms with van der Waals surface area (Å²) in [5.74, 6) is 6.37. The highest BCUT2D eigenvalue weighted by atomic mass is 32.2. The molecule has 4 N–H and O–H groups in total. The van der Waals surface area contributed by atoms with Crippen molar-refractivity contribution in [1.29, 1.82) is 0 Å². The van der Waals surface area contributed by atoms with Crippen LogP contribution in [-0.4, -0.2) is 32.2 Å². The number of amides is 1. The molecule has 0 aliphatic heterocycles. The largest absolute Gasteiger partial charge is 0.334 e. The second-order valence-corrected chi connectivity index (χ2v) is 7.64. The molecule has 0 fully saturated rings. The zero-order chi connectivity index (χ0) is 21.5. The van der Waals surface area contributed by atoms with Crippen LogP contribution in [0, 0.1) is 13.8 Å². The second-order valence-electron chi connectivity index (χ2n) is 6.70. The number of aromatic nitrogens is 3. The van der Waals surface area contributed by atoms with Crippen molar-refractivity contribution in [2.24, 2.45) is 5.10 Å². The Morgan fingerprint density at radius 3 is 2.60 bits per heavy atom. The van der Waals surface area contributed by atoms with Crippen LogP contribution in [0.1, 0.15) is 30.0 Å². The van der Waals surface area contributed by atoms with Crippen molar-refractivity contribution < 1.29 is 4.79 Å². The molecule has 1 amide bonds. The first-order valence-corrected chi connectivity index (χ1v) is 10.5. The summed E-state index contributed by atoms with van der Waals surface area (Å²) in [6.45, 7) is 6.06. The molecule has 156 valence electrons. The number of thioether (sulfide) groups is 1. The summed E-state index contributed by atoms with van der Waals surface area (Å²) >= 11 is 1.20. The van der Waals surface area contributed by atoms with Crippen LogP contribution >= 0.6 is 11.8 Å². The van der Waals surface area contributed by atoms with E-state index >= 15 is 0 Å².